The Labute approximate surface area is 134 Å². The van der Waals surface area contributed by atoms with Gasteiger partial charge in [-0.15, -0.1) is 0 Å². The molecule has 3 heteroatoms. The maximum Gasteiger partial charge on any atom is 0.0642 e. The number of rotatable bonds is 3. The Hall–Kier alpha value is -0.730. The van der Waals surface area contributed by atoms with Crippen LogP contribution in [0.25, 0.3) is 0 Å². The van der Waals surface area contributed by atoms with Crippen LogP contribution in [0.1, 0.15) is 46.1 Å². The van der Waals surface area contributed by atoms with E-state index in [1.54, 1.807) is 0 Å². The Morgan fingerprint density at radius 3 is 2.43 bits per heavy atom. The summed E-state index contributed by atoms with van der Waals surface area (Å²) in [6.07, 6.45) is 3.37. The minimum Gasteiger partial charge on any atom is -0.370 e. The SMILES string of the molecule is CC(N)Cc1cccc(Cl)c1N1CCC(C(C)(C)C)CC1. The number of hydrogen-bond donors (Lipinski definition) is 1. The number of para-hydroxylation sites is 1. The smallest absolute Gasteiger partial charge is 0.0642 e. The molecule has 0 aromatic heterocycles. The molecular formula is C18H29ClN2. The van der Waals surface area contributed by atoms with E-state index in [1.807, 2.05) is 12.1 Å². The molecule has 1 fully saturated rings. The van der Waals surface area contributed by atoms with E-state index in [0.717, 1.165) is 30.5 Å². The lowest BCUT2D eigenvalue weighted by Gasteiger charge is -2.40. The molecule has 2 N–H and O–H groups in total. The number of benzene rings is 1. The van der Waals surface area contributed by atoms with Crippen LogP contribution < -0.4 is 10.6 Å². The van der Waals surface area contributed by atoms with Gasteiger partial charge < -0.3 is 10.6 Å². The van der Waals surface area contributed by atoms with Crippen LogP contribution in [0.15, 0.2) is 18.2 Å². The van der Waals surface area contributed by atoms with Gasteiger partial charge in [0.05, 0.1) is 10.7 Å². The molecule has 1 heterocycles. The second-order valence-electron chi connectivity index (χ2n) is 7.56. The summed E-state index contributed by atoms with van der Waals surface area (Å²) in [7, 11) is 0. The lowest BCUT2D eigenvalue weighted by molar-refractivity contribution is 0.199. The summed E-state index contributed by atoms with van der Waals surface area (Å²) >= 11 is 6.49. The van der Waals surface area contributed by atoms with Crippen LogP contribution in [-0.4, -0.2) is 19.1 Å². The van der Waals surface area contributed by atoms with E-state index in [4.69, 9.17) is 17.3 Å². The van der Waals surface area contributed by atoms with Gasteiger partial charge in [0, 0.05) is 19.1 Å². The largest absolute Gasteiger partial charge is 0.370 e. The molecule has 1 saturated heterocycles. The molecule has 2 rings (SSSR count). The molecule has 1 aliphatic rings. The highest BCUT2D eigenvalue weighted by Gasteiger charge is 2.30. The second-order valence-corrected chi connectivity index (χ2v) is 7.96. The van der Waals surface area contributed by atoms with Crippen LogP contribution in [-0.2, 0) is 6.42 Å². The molecular weight excluding hydrogens is 280 g/mol. The van der Waals surface area contributed by atoms with E-state index >= 15 is 0 Å². The third-order valence-corrected chi connectivity index (χ3v) is 4.95. The zero-order valence-electron chi connectivity index (χ0n) is 13.8. The van der Waals surface area contributed by atoms with Gasteiger partial charge in [-0.2, -0.15) is 0 Å². The third-order valence-electron chi connectivity index (χ3n) is 4.65. The molecule has 118 valence electrons. The number of piperidine rings is 1. The van der Waals surface area contributed by atoms with Gasteiger partial charge in [-0.1, -0.05) is 44.5 Å². The number of nitrogens with zero attached hydrogens (tertiary/aromatic N) is 1. The average Bonchev–Trinajstić information content (AvgIpc) is 2.37. The van der Waals surface area contributed by atoms with Crippen LogP contribution >= 0.6 is 11.6 Å². The molecule has 0 spiro atoms. The molecule has 1 aliphatic heterocycles. The highest BCUT2D eigenvalue weighted by molar-refractivity contribution is 6.33. The molecule has 0 saturated carbocycles. The zero-order valence-corrected chi connectivity index (χ0v) is 14.6. The monoisotopic (exact) mass is 308 g/mol. The maximum atomic E-state index is 6.49. The minimum absolute atomic E-state index is 0.161. The van der Waals surface area contributed by atoms with Gasteiger partial charge in [0.15, 0.2) is 0 Å². The minimum atomic E-state index is 0.161. The fraction of sp³-hybridized carbons (Fsp3) is 0.667. The quantitative estimate of drug-likeness (QED) is 0.891. The summed E-state index contributed by atoms with van der Waals surface area (Å²) in [6, 6.07) is 6.36. The van der Waals surface area contributed by atoms with Gasteiger partial charge in [0.1, 0.15) is 0 Å². The van der Waals surface area contributed by atoms with E-state index in [9.17, 15) is 0 Å². The van der Waals surface area contributed by atoms with Crippen LogP contribution in [0.5, 0.6) is 0 Å². The van der Waals surface area contributed by atoms with Crippen molar-refractivity contribution in [3.63, 3.8) is 0 Å². The van der Waals surface area contributed by atoms with Crippen molar-refractivity contribution in [1.82, 2.24) is 0 Å². The summed E-state index contributed by atoms with van der Waals surface area (Å²) in [5, 5.41) is 0.863. The molecule has 21 heavy (non-hydrogen) atoms. The van der Waals surface area contributed by atoms with Gasteiger partial charge in [0.25, 0.3) is 0 Å². The average molecular weight is 309 g/mol. The van der Waals surface area contributed by atoms with Crippen molar-refractivity contribution in [2.24, 2.45) is 17.1 Å². The van der Waals surface area contributed by atoms with Crippen molar-refractivity contribution < 1.29 is 0 Å². The highest BCUT2D eigenvalue weighted by Crippen LogP contribution is 2.38. The predicted molar refractivity (Wildman–Crippen MR) is 93.2 cm³/mol. The van der Waals surface area contributed by atoms with Crippen LogP contribution in [0.3, 0.4) is 0 Å². The predicted octanol–water partition coefficient (Wildman–Crippen LogP) is 4.49. The molecule has 0 amide bonds. The van der Waals surface area contributed by atoms with Gasteiger partial charge in [0.2, 0.25) is 0 Å². The number of halogens is 1. The van der Waals surface area contributed by atoms with Crippen LogP contribution in [0.4, 0.5) is 5.69 Å². The van der Waals surface area contributed by atoms with Crippen LogP contribution in [0, 0.1) is 11.3 Å². The molecule has 1 atom stereocenters. The lowest BCUT2D eigenvalue weighted by atomic mass is 9.75. The fourth-order valence-corrected chi connectivity index (χ4v) is 3.71. The first-order valence-corrected chi connectivity index (χ1v) is 8.44. The third kappa shape index (κ3) is 4.14. The molecule has 0 bridgehead atoms. The topological polar surface area (TPSA) is 29.3 Å². The van der Waals surface area contributed by atoms with E-state index in [-0.39, 0.29) is 6.04 Å². The Bertz CT molecular complexity index is 469. The maximum absolute atomic E-state index is 6.49. The normalized spacial score (nSPS) is 18.9. The van der Waals surface area contributed by atoms with Crippen molar-refractivity contribution >= 4 is 17.3 Å². The Kier molecular flexibility index (Phi) is 5.21. The molecule has 1 aromatic rings. The van der Waals surface area contributed by atoms with E-state index in [1.165, 1.54) is 24.1 Å². The Morgan fingerprint density at radius 2 is 1.90 bits per heavy atom. The molecule has 1 unspecified atom stereocenters. The number of anilines is 1. The van der Waals surface area contributed by atoms with E-state index in [0.29, 0.717) is 5.41 Å². The first-order valence-electron chi connectivity index (χ1n) is 8.07. The molecule has 2 nitrogen and oxygen atoms in total. The van der Waals surface area contributed by atoms with Crippen molar-refractivity contribution in [1.29, 1.82) is 0 Å². The Morgan fingerprint density at radius 1 is 1.29 bits per heavy atom. The van der Waals surface area contributed by atoms with Crippen LogP contribution in [0.2, 0.25) is 5.02 Å². The standard InChI is InChI=1S/C18H29ClN2/c1-13(20)12-14-6-5-7-16(19)17(14)21-10-8-15(9-11-21)18(2,3)4/h5-7,13,15H,8-12,20H2,1-4H3. The van der Waals surface area contributed by atoms with Crippen molar-refractivity contribution in [2.45, 2.75) is 53.0 Å². The summed E-state index contributed by atoms with van der Waals surface area (Å²) < 4.78 is 0. The zero-order chi connectivity index (χ0) is 15.6. The summed E-state index contributed by atoms with van der Waals surface area (Å²) in [5.41, 5.74) is 8.89. The lowest BCUT2D eigenvalue weighted by Crippen LogP contribution is -2.38. The highest BCUT2D eigenvalue weighted by atomic mass is 35.5. The number of hydrogen-bond acceptors (Lipinski definition) is 2. The van der Waals surface area contributed by atoms with Crippen molar-refractivity contribution in [3.8, 4) is 0 Å². The molecule has 0 aliphatic carbocycles. The van der Waals surface area contributed by atoms with E-state index in [2.05, 4.69) is 38.7 Å². The van der Waals surface area contributed by atoms with Gasteiger partial charge >= 0.3 is 0 Å². The summed E-state index contributed by atoms with van der Waals surface area (Å²) in [4.78, 5) is 2.46. The van der Waals surface area contributed by atoms with E-state index < -0.39 is 0 Å². The first-order chi connectivity index (χ1) is 9.79. The Balaban J connectivity index is 2.16. The fourth-order valence-electron chi connectivity index (χ4n) is 3.39. The van der Waals surface area contributed by atoms with Crippen molar-refractivity contribution in [2.75, 3.05) is 18.0 Å². The number of nitrogens with two attached hydrogens (primary N) is 1. The van der Waals surface area contributed by atoms with Crippen molar-refractivity contribution in [3.05, 3.63) is 28.8 Å². The molecule has 1 aromatic carbocycles. The summed E-state index contributed by atoms with van der Waals surface area (Å²) in [6.45, 7) is 11.3. The van der Waals surface area contributed by atoms with Gasteiger partial charge in [-0.25, -0.2) is 0 Å². The first kappa shape index (κ1) is 16.6. The van der Waals surface area contributed by atoms with Gasteiger partial charge in [-0.05, 0) is 49.1 Å². The second kappa shape index (κ2) is 6.58. The molecule has 0 radical (unpaired) electrons. The summed E-state index contributed by atoms with van der Waals surface area (Å²) in [5.74, 6) is 0.799. The van der Waals surface area contributed by atoms with Gasteiger partial charge in [-0.3, -0.25) is 0 Å².